The number of aliphatic hydroxyl groups is 1. The first-order valence-electron chi connectivity index (χ1n) is 6.42. The highest BCUT2D eigenvalue weighted by Gasteiger charge is 2.46. The molecular weight excluding hydrogens is 340 g/mol. The van der Waals surface area contributed by atoms with Crippen LogP contribution in [0.15, 0.2) is 10.3 Å². The molecule has 1 saturated carbocycles. The molecule has 3 atom stereocenters. The second-order valence-corrected chi connectivity index (χ2v) is 9.19. The maximum atomic E-state index is 12.5. The zero-order chi connectivity index (χ0) is 15.4. The van der Waals surface area contributed by atoms with Gasteiger partial charge in [0.2, 0.25) is 0 Å². The summed E-state index contributed by atoms with van der Waals surface area (Å²) in [5, 5.41) is 20.6. The summed E-state index contributed by atoms with van der Waals surface area (Å²) in [5.74, 6) is 0.130. The lowest BCUT2D eigenvalue weighted by molar-refractivity contribution is -0.384. The van der Waals surface area contributed by atoms with Crippen LogP contribution in [0.25, 0.3) is 0 Å². The molecule has 3 unspecified atom stereocenters. The normalized spacial score (nSPS) is 29.7. The molecule has 21 heavy (non-hydrogen) atoms. The highest BCUT2D eigenvalue weighted by atomic mass is 35.5. The third-order valence-electron chi connectivity index (χ3n) is 4.22. The number of fused-ring (bicyclic) bond motifs is 1. The number of hydrogen-bond acceptors (Lipinski definition) is 6. The van der Waals surface area contributed by atoms with Crippen LogP contribution in [-0.2, 0) is 10.0 Å². The van der Waals surface area contributed by atoms with Crippen LogP contribution in [0.2, 0.25) is 4.34 Å². The summed E-state index contributed by atoms with van der Waals surface area (Å²) >= 11 is 6.42. The molecular formula is C11H13ClN2O5S2. The van der Waals surface area contributed by atoms with E-state index in [1.165, 1.54) is 4.31 Å². The number of nitrogens with zero attached hydrogens (tertiary/aromatic N) is 2. The van der Waals surface area contributed by atoms with Crippen LogP contribution in [0.3, 0.4) is 0 Å². The maximum Gasteiger partial charge on any atom is 0.300 e. The van der Waals surface area contributed by atoms with Crippen molar-refractivity contribution in [3.05, 3.63) is 20.5 Å². The lowest BCUT2D eigenvalue weighted by atomic mass is 10.00. The van der Waals surface area contributed by atoms with Crippen molar-refractivity contribution in [2.75, 3.05) is 13.1 Å². The van der Waals surface area contributed by atoms with E-state index in [9.17, 15) is 23.6 Å². The molecule has 0 bridgehead atoms. The van der Waals surface area contributed by atoms with Crippen LogP contribution in [0.4, 0.5) is 5.69 Å². The van der Waals surface area contributed by atoms with E-state index < -0.39 is 21.1 Å². The molecule has 2 aliphatic rings. The summed E-state index contributed by atoms with van der Waals surface area (Å²) in [6.45, 7) is 0.616. The standard InChI is InChI=1S/C11H13ClN2O5S2/c12-11-8(14(16)17)3-10(20-11)21(18,19)13-4-6-1-2-9(15)7(6)5-13/h3,6-7,9,15H,1-2,4-5H2. The largest absolute Gasteiger partial charge is 0.393 e. The third kappa shape index (κ3) is 2.46. The van der Waals surface area contributed by atoms with Crippen LogP contribution in [-0.4, -0.2) is 41.9 Å². The quantitative estimate of drug-likeness (QED) is 0.659. The number of halogens is 1. The number of nitro groups is 1. The van der Waals surface area contributed by atoms with Crippen molar-refractivity contribution >= 4 is 38.6 Å². The maximum absolute atomic E-state index is 12.5. The van der Waals surface area contributed by atoms with E-state index in [0.29, 0.717) is 24.3 Å². The summed E-state index contributed by atoms with van der Waals surface area (Å²) in [6.07, 6.45) is 1.05. The molecule has 2 fully saturated rings. The van der Waals surface area contributed by atoms with Crippen LogP contribution in [0.5, 0.6) is 0 Å². The van der Waals surface area contributed by atoms with E-state index in [1.54, 1.807) is 0 Å². The lowest BCUT2D eigenvalue weighted by Gasteiger charge is -2.16. The van der Waals surface area contributed by atoms with Crippen molar-refractivity contribution in [1.82, 2.24) is 4.31 Å². The van der Waals surface area contributed by atoms with E-state index in [4.69, 9.17) is 11.6 Å². The van der Waals surface area contributed by atoms with E-state index in [0.717, 1.165) is 12.5 Å². The van der Waals surface area contributed by atoms with Crippen LogP contribution in [0, 0.1) is 22.0 Å². The van der Waals surface area contributed by atoms with Crippen molar-refractivity contribution in [1.29, 1.82) is 0 Å². The number of hydrogen-bond donors (Lipinski definition) is 1. The fourth-order valence-corrected chi connectivity index (χ4v) is 6.46. The van der Waals surface area contributed by atoms with E-state index >= 15 is 0 Å². The van der Waals surface area contributed by atoms with E-state index in [-0.39, 0.29) is 32.6 Å². The molecule has 2 heterocycles. The van der Waals surface area contributed by atoms with Gasteiger partial charge < -0.3 is 5.11 Å². The predicted molar refractivity (Wildman–Crippen MR) is 77.0 cm³/mol. The van der Waals surface area contributed by atoms with Gasteiger partial charge in [0, 0.05) is 25.1 Å². The number of aliphatic hydroxyl groups excluding tert-OH is 1. The Hall–Kier alpha value is -0.740. The summed E-state index contributed by atoms with van der Waals surface area (Å²) in [6, 6.07) is 1.01. The van der Waals surface area contributed by atoms with Crippen molar-refractivity contribution < 1.29 is 18.4 Å². The Morgan fingerprint density at radius 3 is 2.71 bits per heavy atom. The minimum absolute atomic E-state index is 0.0369. The average Bonchev–Trinajstić information content (AvgIpc) is 3.05. The molecule has 116 valence electrons. The fraction of sp³-hybridized carbons (Fsp3) is 0.636. The lowest BCUT2D eigenvalue weighted by Crippen LogP contribution is -2.30. The molecule has 1 N–H and O–H groups in total. The van der Waals surface area contributed by atoms with E-state index in [1.807, 2.05) is 0 Å². The molecule has 0 spiro atoms. The Morgan fingerprint density at radius 1 is 1.43 bits per heavy atom. The second-order valence-electron chi connectivity index (χ2n) is 5.37. The minimum atomic E-state index is -3.79. The van der Waals surface area contributed by atoms with Crippen molar-refractivity contribution in [3.63, 3.8) is 0 Å². The Balaban J connectivity index is 1.88. The summed E-state index contributed by atoms with van der Waals surface area (Å²) < 4.78 is 26.1. The molecule has 0 amide bonds. The molecule has 1 aliphatic carbocycles. The smallest absolute Gasteiger partial charge is 0.300 e. The average molecular weight is 353 g/mol. The third-order valence-corrected chi connectivity index (χ3v) is 7.84. The Labute approximate surface area is 130 Å². The Bertz CT molecular complexity index is 689. The topological polar surface area (TPSA) is 101 Å². The van der Waals surface area contributed by atoms with E-state index in [2.05, 4.69) is 0 Å². The monoisotopic (exact) mass is 352 g/mol. The first-order valence-corrected chi connectivity index (χ1v) is 9.06. The minimum Gasteiger partial charge on any atom is -0.393 e. The summed E-state index contributed by atoms with van der Waals surface area (Å²) in [5.41, 5.74) is -0.389. The highest BCUT2D eigenvalue weighted by molar-refractivity contribution is 7.91. The molecule has 0 aromatic carbocycles. The molecule has 3 rings (SSSR count). The Kier molecular flexibility index (Phi) is 3.73. The van der Waals surface area contributed by atoms with Crippen LogP contribution < -0.4 is 0 Å². The Morgan fingerprint density at radius 2 is 2.14 bits per heavy atom. The van der Waals surface area contributed by atoms with Gasteiger partial charge in [-0.15, -0.1) is 11.3 Å². The van der Waals surface area contributed by atoms with Gasteiger partial charge in [0.25, 0.3) is 15.7 Å². The van der Waals surface area contributed by atoms with Gasteiger partial charge in [-0.25, -0.2) is 8.42 Å². The molecule has 1 aromatic rings. The molecule has 0 radical (unpaired) electrons. The van der Waals surface area contributed by atoms with Crippen LogP contribution >= 0.6 is 22.9 Å². The molecule has 1 saturated heterocycles. The predicted octanol–water partition coefficient (Wildman–Crippen LogP) is 1.70. The van der Waals surface area contributed by atoms with Gasteiger partial charge in [0.1, 0.15) is 4.21 Å². The second kappa shape index (κ2) is 5.17. The van der Waals surface area contributed by atoms with Gasteiger partial charge in [-0.05, 0) is 18.8 Å². The van der Waals surface area contributed by atoms with Gasteiger partial charge in [-0.1, -0.05) is 11.6 Å². The van der Waals surface area contributed by atoms with Crippen molar-refractivity contribution in [2.24, 2.45) is 11.8 Å². The SMILES string of the molecule is O=[N+]([O-])c1cc(S(=O)(=O)N2CC3CCC(O)C3C2)sc1Cl. The van der Waals surface area contributed by atoms with Gasteiger partial charge in [-0.2, -0.15) is 4.31 Å². The highest BCUT2D eigenvalue weighted by Crippen LogP contribution is 2.42. The molecule has 1 aliphatic heterocycles. The van der Waals surface area contributed by atoms with Crippen molar-refractivity contribution in [2.45, 2.75) is 23.2 Å². The number of sulfonamides is 1. The van der Waals surface area contributed by atoms with Gasteiger partial charge >= 0.3 is 0 Å². The van der Waals surface area contributed by atoms with Crippen LogP contribution in [0.1, 0.15) is 12.8 Å². The zero-order valence-electron chi connectivity index (χ0n) is 10.8. The number of rotatable bonds is 3. The summed E-state index contributed by atoms with van der Waals surface area (Å²) in [4.78, 5) is 10.1. The molecule has 10 heteroatoms. The first kappa shape index (κ1) is 15.2. The molecule has 7 nitrogen and oxygen atoms in total. The zero-order valence-corrected chi connectivity index (χ0v) is 13.2. The van der Waals surface area contributed by atoms with Gasteiger partial charge in [-0.3, -0.25) is 10.1 Å². The van der Waals surface area contributed by atoms with Gasteiger partial charge in [0.15, 0.2) is 4.34 Å². The summed E-state index contributed by atoms with van der Waals surface area (Å²) in [7, 11) is -3.79. The molecule has 1 aromatic heterocycles. The fourth-order valence-electron chi connectivity index (χ4n) is 3.11. The van der Waals surface area contributed by atoms with Gasteiger partial charge in [0.05, 0.1) is 11.0 Å². The number of thiophene rings is 1. The first-order chi connectivity index (χ1) is 9.80. The van der Waals surface area contributed by atoms with Crippen molar-refractivity contribution in [3.8, 4) is 0 Å².